The molecule has 0 aromatic rings. The van der Waals surface area contributed by atoms with E-state index < -0.39 is 83.0 Å². The molecule has 2 bridgehead atoms. The number of carbonyl (C=O) groups excluding carboxylic acids is 4. The van der Waals surface area contributed by atoms with Crippen molar-refractivity contribution in [2.75, 3.05) is 19.8 Å². The van der Waals surface area contributed by atoms with E-state index in [0.717, 1.165) is 32.1 Å². The normalized spacial score (nSPS) is 30.6. The summed E-state index contributed by atoms with van der Waals surface area (Å²) >= 11 is 0. The van der Waals surface area contributed by atoms with Crippen LogP contribution in [-0.2, 0) is 48.2 Å². The van der Waals surface area contributed by atoms with Gasteiger partial charge in [0.15, 0.2) is 6.61 Å². The third-order valence-electron chi connectivity index (χ3n) is 8.06. The molecule has 1 amide bonds. The van der Waals surface area contributed by atoms with Gasteiger partial charge in [0.2, 0.25) is 5.91 Å². The van der Waals surface area contributed by atoms with Gasteiger partial charge in [0.25, 0.3) is 0 Å². The Hall–Kier alpha value is -2.39. The molecule has 4 aliphatic rings. The summed E-state index contributed by atoms with van der Waals surface area (Å²) in [5, 5.41) is -4.70. The molecule has 4 rings (SSSR count). The molecule has 3 saturated carbocycles. The summed E-state index contributed by atoms with van der Waals surface area (Å²) in [6, 6.07) is -0.613. The number of ether oxygens (including phenoxy) is 4. The fraction of sp³-hybridized carbons (Fsp3) is 0.833. The van der Waals surface area contributed by atoms with E-state index >= 15 is 0 Å². The Morgan fingerprint density at radius 3 is 2.31 bits per heavy atom. The third kappa shape index (κ3) is 5.89. The highest BCUT2D eigenvalue weighted by atomic mass is 32.2. The van der Waals surface area contributed by atoms with Crippen molar-refractivity contribution in [3.63, 3.8) is 0 Å². The van der Waals surface area contributed by atoms with Crippen LogP contribution in [0.25, 0.3) is 0 Å². The highest BCUT2D eigenvalue weighted by molar-refractivity contribution is 7.86. The Balaban J connectivity index is 1.35. The summed E-state index contributed by atoms with van der Waals surface area (Å²) in [5.41, 5.74) is 0. The number of fused-ring (bicyclic) bond motifs is 1. The first-order valence-corrected chi connectivity index (χ1v) is 14.5. The zero-order valence-corrected chi connectivity index (χ0v) is 22.4. The lowest BCUT2D eigenvalue weighted by atomic mass is 9.78. The predicted molar refractivity (Wildman–Crippen MR) is 125 cm³/mol. The summed E-state index contributed by atoms with van der Waals surface area (Å²) in [7, 11) is -5.77. The molecule has 12 nitrogen and oxygen atoms in total. The van der Waals surface area contributed by atoms with Gasteiger partial charge in [-0.15, -0.1) is 0 Å². The lowest BCUT2D eigenvalue weighted by molar-refractivity contribution is -0.171. The maximum absolute atomic E-state index is 13.3. The van der Waals surface area contributed by atoms with Crippen LogP contribution in [0.5, 0.6) is 0 Å². The van der Waals surface area contributed by atoms with Crippen LogP contribution in [0.15, 0.2) is 0 Å². The number of rotatable bonds is 11. The molecule has 0 aromatic heterocycles. The molecule has 1 N–H and O–H groups in total. The van der Waals surface area contributed by atoms with Crippen LogP contribution in [0.4, 0.5) is 8.78 Å². The standard InChI is InChI=1S/C24H33F2NO11S/c1-12(2)27-20-14-8-15(19(18(14)22(27)30)23(31)37-13-6-4-3-5-7-13)21(20)38-17(29)10-35-9-16(28)36-11-24(25,26)39(32,33)34/h12-15,18-21H,3-11H2,1-2H3,(H,32,33,34). The van der Waals surface area contributed by atoms with Crippen LogP contribution in [0.3, 0.4) is 0 Å². The van der Waals surface area contributed by atoms with Crippen LogP contribution >= 0.6 is 0 Å². The van der Waals surface area contributed by atoms with Crippen LogP contribution < -0.4 is 0 Å². The number of halogens is 2. The van der Waals surface area contributed by atoms with Crippen molar-refractivity contribution < 1.29 is 59.9 Å². The molecule has 1 heterocycles. The van der Waals surface area contributed by atoms with Crippen LogP contribution in [-0.4, -0.2) is 91.1 Å². The lowest BCUT2D eigenvalue weighted by Crippen LogP contribution is -2.49. The highest BCUT2D eigenvalue weighted by Crippen LogP contribution is 2.60. The Bertz CT molecular complexity index is 1090. The Morgan fingerprint density at radius 2 is 1.69 bits per heavy atom. The van der Waals surface area contributed by atoms with E-state index in [9.17, 15) is 36.4 Å². The predicted octanol–water partition coefficient (Wildman–Crippen LogP) is 1.32. The zero-order chi connectivity index (χ0) is 28.7. The van der Waals surface area contributed by atoms with Crippen molar-refractivity contribution in [1.82, 2.24) is 4.90 Å². The van der Waals surface area contributed by atoms with Crippen LogP contribution in [0, 0.1) is 23.7 Å². The molecule has 0 spiro atoms. The largest absolute Gasteiger partial charge is 0.462 e. The van der Waals surface area contributed by atoms with E-state index in [1.807, 2.05) is 13.8 Å². The van der Waals surface area contributed by atoms with Gasteiger partial charge in [-0.2, -0.15) is 17.2 Å². The molecular weight excluding hydrogens is 548 g/mol. The molecule has 1 aliphatic heterocycles. The molecule has 6 unspecified atom stereocenters. The van der Waals surface area contributed by atoms with Gasteiger partial charge in [0.05, 0.1) is 17.9 Å². The number of likely N-dealkylation sites (tertiary alicyclic amines) is 1. The van der Waals surface area contributed by atoms with Crippen LogP contribution in [0.1, 0.15) is 52.4 Å². The van der Waals surface area contributed by atoms with Gasteiger partial charge in [-0.3, -0.25) is 14.1 Å². The first-order chi connectivity index (χ1) is 18.2. The van der Waals surface area contributed by atoms with Crippen molar-refractivity contribution in [3.8, 4) is 0 Å². The fourth-order valence-corrected chi connectivity index (χ4v) is 6.74. The minimum atomic E-state index is -5.77. The summed E-state index contributed by atoms with van der Waals surface area (Å²) in [5.74, 6) is -4.76. The summed E-state index contributed by atoms with van der Waals surface area (Å²) in [6.45, 7) is 0.0192. The molecule has 6 atom stereocenters. The van der Waals surface area contributed by atoms with E-state index in [2.05, 4.69) is 4.74 Å². The number of esters is 3. The molecule has 1 saturated heterocycles. The number of hydrogen-bond acceptors (Lipinski definition) is 10. The van der Waals surface area contributed by atoms with E-state index in [0.29, 0.717) is 6.42 Å². The molecular formula is C24H33F2NO11S. The minimum absolute atomic E-state index is 0.160. The van der Waals surface area contributed by atoms with Gasteiger partial charge in [-0.05, 0) is 51.9 Å². The van der Waals surface area contributed by atoms with Gasteiger partial charge in [-0.25, -0.2) is 9.59 Å². The smallest absolute Gasteiger partial charge is 0.402 e. The van der Waals surface area contributed by atoms with Gasteiger partial charge in [0, 0.05) is 12.0 Å². The highest BCUT2D eigenvalue weighted by Gasteiger charge is 2.71. The van der Waals surface area contributed by atoms with Crippen molar-refractivity contribution >= 4 is 33.9 Å². The Labute approximate surface area is 224 Å². The number of hydrogen-bond donors (Lipinski definition) is 1. The first-order valence-electron chi connectivity index (χ1n) is 13.0. The maximum atomic E-state index is 13.3. The lowest BCUT2D eigenvalue weighted by Gasteiger charge is -2.35. The molecule has 39 heavy (non-hydrogen) atoms. The average Bonchev–Trinajstić information content (AvgIpc) is 3.45. The first kappa shape index (κ1) is 29.6. The molecule has 0 aromatic carbocycles. The van der Waals surface area contributed by atoms with Crippen LogP contribution in [0.2, 0.25) is 0 Å². The number of nitrogens with zero attached hydrogens (tertiary/aromatic N) is 1. The van der Waals surface area contributed by atoms with E-state index in [4.69, 9.17) is 18.8 Å². The second-order valence-corrected chi connectivity index (χ2v) is 12.4. The molecule has 15 heteroatoms. The summed E-state index contributed by atoms with van der Waals surface area (Å²) in [6.07, 6.45) is 4.11. The summed E-state index contributed by atoms with van der Waals surface area (Å²) in [4.78, 5) is 52.4. The van der Waals surface area contributed by atoms with Crippen molar-refractivity contribution in [2.24, 2.45) is 23.7 Å². The number of alkyl halides is 2. The van der Waals surface area contributed by atoms with Crippen molar-refractivity contribution in [1.29, 1.82) is 0 Å². The van der Waals surface area contributed by atoms with E-state index in [1.165, 1.54) is 0 Å². The van der Waals surface area contributed by atoms with E-state index in [1.54, 1.807) is 4.90 Å². The Morgan fingerprint density at radius 1 is 1.05 bits per heavy atom. The molecule has 3 aliphatic carbocycles. The van der Waals surface area contributed by atoms with Gasteiger partial charge < -0.3 is 23.8 Å². The number of amides is 1. The second-order valence-electron chi connectivity index (χ2n) is 10.9. The SMILES string of the molecule is CC(C)N1C(=O)C2C3CC(C(OC(=O)COCC(=O)OCC(F)(F)S(=O)(=O)O)C31)C2C(=O)OC1CCCCC1. The van der Waals surface area contributed by atoms with Gasteiger partial charge in [0.1, 0.15) is 25.4 Å². The quantitative estimate of drug-likeness (QED) is 0.213. The minimum Gasteiger partial charge on any atom is -0.462 e. The van der Waals surface area contributed by atoms with Gasteiger partial charge in [-0.1, -0.05) is 6.42 Å². The molecule has 4 fully saturated rings. The molecule has 220 valence electrons. The third-order valence-corrected chi connectivity index (χ3v) is 8.93. The topological polar surface area (TPSA) is 163 Å². The summed E-state index contributed by atoms with van der Waals surface area (Å²) < 4.78 is 76.3. The zero-order valence-electron chi connectivity index (χ0n) is 21.6. The Kier molecular flexibility index (Phi) is 8.53. The van der Waals surface area contributed by atoms with Crippen molar-refractivity contribution in [2.45, 2.75) is 81.9 Å². The van der Waals surface area contributed by atoms with E-state index in [-0.39, 0.29) is 24.0 Å². The molecule has 0 radical (unpaired) electrons. The average molecular weight is 582 g/mol. The number of carbonyl (C=O) groups is 4. The monoisotopic (exact) mass is 581 g/mol. The maximum Gasteiger partial charge on any atom is 0.402 e. The second kappa shape index (κ2) is 11.2. The fourth-order valence-electron chi connectivity index (χ4n) is 6.53. The van der Waals surface area contributed by atoms with Crippen molar-refractivity contribution in [3.05, 3.63) is 0 Å². The van der Waals surface area contributed by atoms with Gasteiger partial charge >= 0.3 is 33.3 Å².